The van der Waals surface area contributed by atoms with Crippen molar-refractivity contribution in [2.45, 2.75) is 13.0 Å². The van der Waals surface area contributed by atoms with Crippen molar-refractivity contribution in [3.05, 3.63) is 47.1 Å². The van der Waals surface area contributed by atoms with E-state index >= 15 is 0 Å². The molecule has 0 radical (unpaired) electrons. The number of aromatic nitrogens is 2. The molecule has 1 heterocycles. The van der Waals surface area contributed by atoms with E-state index in [1.54, 1.807) is 19.4 Å². The van der Waals surface area contributed by atoms with E-state index < -0.39 is 0 Å². The van der Waals surface area contributed by atoms with Crippen LogP contribution in [-0.4, -0.2) is 17.1 Å². The topological polar surface area (TPSA) is 47.0 Å². The number of benzene rings is 1. The average molecular weight is 282 g/mol. The molecule has 2 aromatic rings. The van der Waals surface area contributed by atoms with E-state index in [1.165, 1.54) is 18.3 Å². The summed E-state index contributed by atoms with van der Waals surface area (Å²) < 4.78 is 18.5. The van der Waals surface area contributed by atoms with Gasteiger partial charge in [0.2, 0.25) is 0 Å². The second kappa shape index (κ2) is 5.84. The van der Waals surface area contributed by atoms with Crippen molar-refractivity contribution in [3.8, 4) is 5.75 Å². The number of halogens is 2. The van der Waals surface area contributed by atoms with Crippen LogP contribution < -0.4 is 10.1 Å². The lowest BCUT2D eigenvalue weighted by atomic mass is 10.1. The summed E-state index contributed by atoms with van der Waals surface area (Å²) in [5.41, 5.74) is 0.698. The fourth-order valence-electron chi connectivity index (χ4n) is 1.75. The molecule has 1 N–H and O–H groups in total. The number of nitrogens with zero attached hydrogens (tertiary/aromatic N) is 2. The van der Waals surface area contributed by atoms with Gasteiger partial charge in [0.1, 0.15) is 22.5 Å². The molecule has 1 aromatic heterocycles. The molecule has 0 aliphatic carbocycles. The highest BCUT2D eigenvalue weighted by atomic mass is 35.5. The van der Waals surface area contributed by atoms with Gasteiger partial charge < -0.3 is 10.1 Å². The number of ether oxygens (including phenoxy) is 1. The first-order chi connectivity index (χ1) is 9.10. The minimum Gasteiger partial charge on any atom is -0.496 e. The fraction of sp³-hybridized carbons (Fsp3) is 0.231. The monoisotopic (exact) mass is 281 g/mol. The Morgan fingerprint density at radius 3 is 2.84 bits per heavy atom. The summed E-state index contributed by atoms with van der Waals surface area (Å²) in [6.07, 6.45) is 2.99. The van der Waals surface area contributed by atoms with Crippen LogP contribution in [-0.2, 0) is 0 Å². The second-order valence-electron chi connectivity index (χ2n) is 3.98. The van der Waals surface area contributed by atoms with Crippen molar-refractivity contribution in [2.24, 2.45) is 0 Å². The minimum absolute atomic E-state index is 0.196. The van der Waals surface area contributed by atoms with Crippen LogP contribution in [0.25, 0.3) is 0 Å². The highest BCUT2D eigenvalue weighted by molar-refractivity contribution is 6.29. The summed E-state index contributed by atoms with van der Waals surface area (Å²) >= 11 is 5.76. The SMILES string of the molecule is COc1ccc(F)cc1[C@H](C)Nc1cncc(Cl)n1. The van der Waals surface area contributed by atoms with E-state index in [9.17, 15) is 4.39 Å². The van der Waals surface area contributed by atoms with Crippen LogP contribution in [0.5, 0.6) is 5.75 Å². The van der Waals surface area contributed by atoms with Gasteiger partial charge in [0.25, 0.3) is 0 Å². The number of anilines is 1. The van der Waals surface area contributed by atoms with E-state index in [4.69, 9.17) is 16.3 Å². The van der Waals surface area contributed by atoms with Gasteiger partial charge in [-0.05, 0) is 25.1 Å². The molecule has 0 amide bonds. The normalized spacial score (nSPS) is 12.0. The molecule has 0 aliphatic rings. The first kappa shape index (κ1) is 13.5. The molecule has 100 valence electrons. The molecule has 4 nitrogen and oxygen atoms in total. The zero-order valence-electron chi connectivity index (χ0n) is 10.5. The van der Waals surface area contributed by atoms with Gasteiger partial charge in [0.15, 0.2) is 0 Å². The van der Waals surface area contributed by atoms with Gasteiger partial charge in [-0.3, -0.25) is 4.98 Å². The van der Waals surface area contributed by atoms with E-state index in [0.717, 1.165) is 0 Å². The Bertz CT molecular complexity index is 580. The van der Waals surface area contributed by atoms with Gasteiger partial charge in [0.05, 0.1) is 25.5 Å². The van der Waals surface area contributed by atoms with Crippen LogP contribution in [0.2, 0.25) is 5.15 Å². The molecule has 1 aromatic carbocycles. The molecular weight excluding hydrogens is 269 g/mol. The fourth-order valence-corrected chi connectivity index (χ4v) is 1.90. The molecule has 0 fully saturated rings. The summed E-state index contributed by atoms with van der Waals surface area (Å²) in [7, 11) is 1.54. The summed E-state index contributed by atoms with van der Waals surface area (Å²) in [6.45, 7) is 1.87. The predicted octanol–water partition coefficient (Wildman–Crippen LogP) is 3.45. The molecule has 19 heavy (non-hydrogen) atoms. The summed E-state index contributed by atoms with van der Waals surface area (Å²) in [6, 6.07) is 4.17. The van der Waals surface area contributed by atoms with Crippen molar-refractivity contribution >= 4 is 17.4 Å². The van der Waals surface area contributed by atoms with Gasteiger partial charge in [-0.1, -0.05) is 11.6 Å². The Hall–Kier alpha value is -1.88. The molecule has 6 heteroatoms. The van der Waals surface area contributed by atoms with Crippen molar-refractivity contribution in [2.75, 3.05) is 12.4 Å². The van der Waals surface area contributed by atoms with E-state index in [2.05, 4.69) is 15.3 Å². The standard InChI is InChI=1S/C13H13ClFN3O/c1-8(17-13-7-16-6-12(14)18-13)10-5-9(15)3-4-11(10)19-2/h3-8H,1-2H3,(H,17,18)/t8-/m0/s1. The zero-order valence-corrected chi connectivity index (χ0v) is 11.3. The van der Waals surface area contributed by atoms with Crippen molar-refractivity contribution in [3.63, 3.8) is 0 Å². The quantitative estimate of drug-likeness (QED) is 0.932. The van der Waals surface area contributed by atoms with Crippen LogP contribution >= 0.6 is 11.6 Å². The molecule has 0 saturated heterocycles. The number of nitrogens with one attached hydrogen (secondary N) is 1. The third-order valence-electron chi connectivity index (χ3n) is 2.63. The number of methoxy groups -OCH3 is 1. The lowest BCUT2D eigenvalue weighted by molar-refractivity contribution is 0.406. The van der Waals surface area contributed by atoms with Crippen LogP contribution in [0.1, 0.15) is 18.5 Å². The second-order valence-corrected chi connectivity index (χ2v) is 4.37. The lowest BCUT2D eigenvalue weighted by Crippen LogP contribution is -2.10. The maximum Gasteiger partial charge on any atom is 0.149 e. The van der Waals surface area contributed by atoms with E-state index in [1.807, 2.05) is 6.92 Å². The average Bonchev–Trinajstić information content (AvgIpc) is 2.38. The lowest BCUT2D eigenvalue weighted by Gasteiger charge is -2.17. The van der Waals surface area contributed by atoms with Gasteiger partial charge in [-0.2, -0.15) is 0 Å². The van der Waals surface area contributed by atoms with Crippen molar-refractivity contribution < 1.29 is 9.13 Å². The zero-order chi connectivity index (χ0) is 13.8. The first-order valence-electron chi connectivity index (χ1n) is 5.67. The predicted molar refractivity (Wildman–Crippen MR) is 72.0 cm³/mol. The van der Waals surface area contributed by atoms with E-state index in [-0.39, 0.29) is 11.9 Å². The van der Waals surface area contributed by atoms with Gasteiger partial charge in [0, 0.05) is 5.56 Å². The molecule has 0 spiro atoms. The Kier molecular flexibility index (Phi) is 4.16. The highest BCUT2D eigenvalue weighted by Crippen LogP contribution is 2.28. The number of rotatable bonds is 4. The van der Waals surface area contributed by atoms with E-state index in [0.29, 0.717) is 22.3 Å². The Balaban J connectivity index is 2.24. The Morgan fingerprint density at radius 2 is 2.16 bits per heavy atom. The molecule has 2 rings (SSSR count). The van der Waals surface area contributed by atoms with Crippen molar-refractivity contribution in [1.82, 2.24) is 9.97 Å². The summed E-state index contributed by atoms with van der Waals surface area (Å²) in [4.78, 5) is 8.00. The third-order valence-corrected chi connectivity index (χ3v) is 2.81. The molecular formula is C13H13ClFN3O. The Morgan fingerprint density at radius 1 is 1.37 bits per heavy atom. The number of hydrogen-bond donors (Lipinski definition) is 1. The van der Waals surface area contributed by atoms with Crippen LogP contribution in [0, 0.1) is 5.82 Å². The Labute approximate surface area is 115 Å². The maximum atomic E-state index is 13.3. The minimum atomic E-state index is -0.318. The molecule has 1 atom stereocenters. The van der Waals surface area contributed by atoms with Gasteiger partial charge >= 0.3 is 0 Å². The first-order valence-corrected chi connectivity index (χ1v) is 6.05. The van der Waals surface area contributed by atoms with Crippen LogP contribution in [0.3, 0.4) is 0 Å². The van der Waals surface area contributed by atoms with Crippen LogP contribution in [0.15, 0.2) is 30.6 Å². The summed E-state index contributed by atoms with van der Waals surface area (Å²) in [5.74, 6) is 0.810. The summed E-state index contributed by atoms with van der Waals surface area (Å²) in [5, 5.41) is 3.39. The highest BCUT2D eigenvalue weighted by Gasteiger charge is 2.13. The largest absolute Gasteiger partial charge is 0.496 e. The molecule has 0 bridgehead atoms. The third kappa shape index (κ3) is 3.32. The molecule has 0 unspecified atom stereocenters. The van der Waals surface area contributed by atoms with Gasteiger partial charge in [-0.15, -0.1) is 0 Å². The maximum absolute atomic E-state index is 13.3. The number of hydrogen-bond acceptors (Lipinski definition) is 4. The molecule has 0 aliphatic heterocycles. The van der Waals surface area contributed by atoms with Gasteiger partial charge in [-0.25, -0.2) is 9.37 Å². The molecule has 0 saturated carbocycles. The van der Waals surface area contributed by atoms with Crippen LogP contribution in [0.4, 0.5) is 10.2 Å². The smallest absolute Gasteiger partial charge is 0.149 e. The van der Waals surface area contributed by atoms with Crippen molar-refractivity contribution in [1.29, 1.82) is 0 Å².